The van der Waals surface area contributed by atoms with Crippen LogP contribution in [-0.4, -0.2) is 37.4 Å². The molecule has 0 N–H and O–H groups in total. The van der Waals surface area contributed by atoms with Crippen LogP contribution in [0.3, 0.4) is 0 Å². The Morgan fingerprint density at radius 1 is 0.857 bits per heavy atom. The monoisotopic (exact) mass is 482 g/mol. The largest absolute Gasteiger partial charge is 0.455 e. The zero-order valence-corrected chi connectivity index (χ0v) is 22.8. The quantitative estimate of drug-likeness (QED) is 0.101. The highest BCUT2D eigenvalue weighted by Crippen LogP contribution is 2.24. The summed E-state index contributed by atoms with van der Waals surface area (Å²) in [6, 6.07) is 18.6. The molecule has 4 heteroatoms. The van der Waals surface area contributed by atoms with E-state index in [0.29, 0.717) is 13.0 Å². The number of unbranched alkanes of at least 4 members (excludes halogenated alkanes) is 5. The maximum Gasteiger partial charge on any atom is 0.317 e. The van der Waals surface area contributed by atoms with Crippen molar-refractivity contribution in [3.05, 3.63) is 65.7 Å². The van der Waals surface area contributed by atoms with Crippen molar-refractivity contribution in [2.75, 3.05) is 20.6 Å². The van der Waals surface area contributed by atoms with Crippen molar-refractivity contribution in [1.29, 1.82) is 0 Å². The summed E-state index contributed by atoms with van der Waals surface area (Å²) >= 11 is 0. The van der Waals surface area contributed by atoms with Gasteiger partial charge in [0.2, 0.25) is 6.29 Å². The van der Waals surface area contributed by atoms with Crippen molar-refractivity contribution in [1.82, 2.24) is 0 Å². The number of quaternary nitrogens is 1. The molecule has 0 heterocycles. The second-order valence-corrected chi connectivity index (χ2v) is 10.6. The van der Waals surface area contributed by atoms with E-state index in [1.54, 1.807) is 0 Å². The summed E-state index contributed by atoms with van der Waals surface area (Å²) in [5.74, 6) is 0.450. The van der Waals surface area contributed by atoms with E-state index in [2.05, 4.69) is 64.3 Å². The fraction of sp³-hybridized carbons (Fsp3) is 0.581. The number of para-hydroxylation sites is 1. The maximum absolute atomic E-state index is 13.0. The fourth-order valence-electron chi connectivity index (χ4n) is 4.64. The summed E-state index contributed by atoms with van der Waals surface area (Å²) < 4.78 is 12.9. The van der Waals surface area contributed by atoms with Crippen LogP contribution in [-0.2, 0) is 22.5 Å². The lowest BCUT2D eigenvalue weighted by Gasteiger charge is -2.32. The second kappa shape index (κ2) is 15.6. The van der Waals surface area contributed by atoms with Crippen LogP contribution in [0.5, 0.6) is 5.75 Å². The Labute approximate surface area is 214 Å². The lowest BCUT2D eigenvalue weighted by Crippen LogP contribution is -2.44. The fourth-order valence-corrected chi connectivity index (χ4v) is 4.64. The zero-order valence-electron chi connectivity index (χ0n) is 22.8. The van der Waals surface area contributed by atoms with Crippen LogP contribution in [0.25, 0.3) is 0 Å². The molecule has 2 aromatic carbocycles. The standard InChI is InChI=1S/C31H48NO3/c1-6-8-9-10-11-15-21-28-22-16-17-23-29(28)34-30(18-7-2)35-31(33)26(3)24-32(4,5)25-27-19-13-12-14-20-27/h12-14,16-17,19-20,22-23,26,30H,6-11,15,18,21,24-25H2,1-5H3/q+1. The second-order valence-electron chi connectivity index (χ2n) is 10.6. The first-order chi connectivity index (χ1) is 16.8. The number of hydrogen-bond acceptors (Lipinski definition) is 3. The molecule has 2 rings (SSSR count). The lowest BCUT2D eigenvalue weighted by molar-refractivity contribution is -0.905. The van der Waals surface area contributed by atoms with Gasteiger partial charge in [0, 0.05) is 12.0 Å². The van der Waals surface area contributed by atoms with Crippen LogP contribution in [0.1, 0.15) is 83.3 Å². The summed E-state index contributed by atoms with van der Waals surface area (Å²) in [6.45, 7) is 7.89. The van der Waals surface area contributed by atoms with Gasteiger partial charge in [0.15, 0.2) is 0 Å². The molecule has 0 bridgehead atoms. The van der Waals surface area contributed by atoms with Gasteiger partial charge in [0.1, 0.15) is 18.2 Å². The number of rotatable bonds is 17. The highest BCUT2D eigenvalue weighted by Gasteiger charge is 2.28. The van der Waals surface area contributed by atoms with Gasteiger partial charge in [-0.2, -0.15) is 0 Å². The molecule has 0 saturated carbocycles. The molecule has 35 heavy (non-hydrogen) atoms. The lowest BCUT2D eigenvalue weighted by atomic mass is 10.0. The minimum Gasteiger partial charge on any atom is -0.455 e. The van der Waals surface area contributed by atoms with Crippen LogP contribution >= 0.6 is 0 Å². The van der Waals surface area contributed by atoms with Gasteiger partial charge < -0.3 is 14.0 Å². The molecule has 0 radical (unpaired) electrons. The molecular weight excluding hydrogens is 434 g/mol. The summed E-state index contributed by atoms with van der Waals surface area (Å²) in [4.78, 5) is 13.0. The van der Waals surface area contributed by atoms with E-state index in [4.69, 9.17) is 9.47 Å². The summed E-state index contributed by atoms with van der Waals surface area (Å²) in [6.07, 6.45) is 9.65. The van der Waals surface area contributed by atoms with E-state index in [0.717, 1.165) is 36.0 Å². The number of hydrogen-bond donors (Lipinski definition) is 0. The van der Waals surface area contributed by atoms with Gasteiger partial charge in [-0.3, -0.25) is 4.79 Å². The molecule has 2 atom stereocenters. The summed E-state index contributed by atoms with van der Waals surface area (Å²) in [7, 11) is 4.32. The van der Waals surface area contributed by atoms with Gasteiger partial charge in [-0.05, 0) is 37.8 Å². The minimum absolute atomic E-state index is 0.184. The molecule has 0 amide bonds. The first kappa shape index (κ1) is 28.9. The average Bonchev–Trinajstić information content (AvgIpc) is 2.82. The van der Waals surface area contributed by atoms with E-state index >= 15 is 0 Å². The number of carbonyl (C=O) groups is 1. The molecule has 4 nitrogen and oxygen atoms in total. The van der Waals surface area contributed by atoms with Crippen LogP contribution in [0.4, 0.5) is 0 Å². The first-order valence-electron chi connectivity index (χ1n) is 13.7. The van der Waals surface area contributed by atoms with Crippen molar-refractivity contribution in [3.8, 4) is 5.75 Å². The van der Waals surface area contributed by atoms with E-state index in [9.17, 15) is 4.79 Å². The molecule has 0 spiro atoms. The van der Waals surface area contributed by atoms with Crippen molar-refractivity contribution in [2.24, 2.45) is 5.92 Å². The van der Waals surface area contributed by atoms with Crippen molar-refractivity contribution in [2.45, 2.75) is 91.4 Å². The number of nitrogens with zero attached hydrogens (tertiary/aromatic N) is 1. The Bertz CT molecular complexity index is 849. The average molecular weight is 483 g/mol. The number of ether oxygens (including phenoxy) is 2. The van der Waals surface area contributed by atoms with E-state index in [1.165, 1.54) is 43.2 Å². The van der Waals surface area contributed by atoms with Gasteiger partial charge in [0.25, 0.3) is 0 Å². The van der Waals surface area contributed by atoms with Crippen LogP contribution in [0.2, 0.25) is 0 Å². The van der Waals surface area contributed by atoms with Crippen LogP contribution < -0.4 is 4.74 Å². The Hall–Kier alpha value is -2.33. The van der Waals surface area contributed by atoms with Gasteiger partial charge in [-0.15, -0.1) is 0 Å². The maximum atomic E-state index is 13.0. The van der Waals surface area contributed by atoms with Crippen molar-refractivity contribution in [3.63, 3.8) is 0 Å². The third-order valence-corrected chi connectivity index (χ3v) is 6.43. The normalized spacial score (nSPS) is 13.3. The summed E-state index contributed by atoms with van der Waals surface area (Å²) in [5.41, 5.74) is 2.47. The Morgan fingerprint density at radius 3 is 2.23 bits per heavy atom. The molecule has 0 aliphatic heterocycles. The first-order valence-corrected chi connectivity index (χ1v) is 13.7. The predicted molar refractivity (Wildman–Crippen MR) is 145 cm³/mol. The third kappa shape index (κ3) is 11.3. The molecule has 0 aromatic heterocycles. The van der Waals surface area contributed by atoms with Gasteiger partial charge in [-0.1, -0.05) is 94.5 Å². The molecule has 2 unspecified atom stereocenters. The Balaban J connectivity index is 1.92. The van der Waals surface area contributed by atoms with Crippen LogP contribution in [0.15, 0.2) is 54.6 Å². The van der Waals surface area contributed by atoms with Crippen molar-refractivity contribution >= 4 is 5.97 Å². The Morgan fingerprint density at radius 2 is 1.51 bits per heavy atom. The summed E-state index contributed by atoms with van der Waals surface area (Å²) in [5, 5.41) is 0. The highest BCUT2D eigenvalue weighted by molar-refractivity contribution is 5.72. The molecule has 0 fully saturated rings. The van der Waals surface area contributed by atoms with Gasteiger partial charge in [0.05, 0.1) is 20.6 Å². The van der Waals surface area contributed by atoms with E-state index in [-0.39, 0.29) is 11.9 Å². The number of aryl methyl sites for hydroxylation is 1. The van der Waals surface area contributed by atoms with Gasteiger partial charge >= 0.3 is 5.97 Å². The Kier molecular flexibility index (Phi) is 12.9. The number of benzene rings is 2. The number of carbonyl (C=O) groups excluding carboxylic acids is 1. The molecule has 0 aliphatic carbocycles. The molecule has 2 aromatic rings. The molecule has 0 aliphatic rings. The van der Waals surface area contributed by atoms with Crippen molar-refractivity contribution < 1.29 is 18.8 Å². The third-order valence-electron chi connectivity index (χ3n) is 6.43. The van der Waals surface area contributed by atoms with Gasteiger partial charge in [-0.25, -0.2) is 0 Å². The van der Waals surface area contributed by atoms with Crippen LogP contribution in [0, 0.1) is 5.92 Å². The van der Waals surface area contributed by atoms with E-state index in [1.807, 2.05) is 25.1 Å². The molecule has 194 valence electrons. The molecule has 0 saturated heterocycles. The topological polar surface area (TPSA) is 35.5 Å². The zero-order chi connectivity index (χ0) is 25.5. The minimum atomic E-state index is -0.551. The smallest absolute Gasteiger partial charge is 0.317 e. The van der Waals surface area contributed by atoms with E-state index < -0.39 is 6.29 Å². The molecular formula is C31H48NO3+. The number of esters is 1. The predicted octanol–water partition coefficient (Wildman–Crippen LogP) is 7.55. The SMILES string of the molecule is CCCCCCCCc1ccccc1OC(CCC)OC(=O)C(C)C[N+](C)(C)Cc1ccccc1. The highest BCUT2D eigenvalue weighted by atomic mass is 16.7.